The van der Waals surface area contributed by atoms with Crippen LogP contribution in [-0.4, -0.2) is 55.6 Å². The van der Waals surface area contributed by atoms with Crippen molar-refractivity contribution < 1.29 is 42.2 Å². The van der Waals surface area contributed by atoms with Crippen LogP contribution in [0, 0.1) is 36.0 Å². The van der Waals surface area contributed by atoms with Crippen molar-refractivity contribution in [1.82, 2.24) is 19.8 Å². The van der Waals surface area contributed by atoms with E-state index in [2.05, 4.69) is 4.98 Å². The second kappa shape index (κ2) is 15.7. The zero-order valence-corrected chi connectivity index (χ0v) is 38.0. The van der Waals surface area contributed by atoms with E-state index in [0.717, 1.165) is 47.1 Å². The predicted octanol–water partition coefficient (Wildman–Crippen LogP) is 9.90. The first-order valence-corrected chi connectivity index (χ1v) is 22.6. The van der Waals surface area contributed by atoms with E-state index in [-0.39, 0.29) is 36.0 Å². The number of aromatic hydroxyl groups is 1. The van der Waals surface area contributed by atoms with Crippen molar-refractivity contribution in [3.05, 3.63) is 129 Å². The summed E-state index contributed by atoms with van der Waals surface area (Å²) in [4.78, 5) is 65.2. The van der Waals surface area contributed by atoms with E-state index >= 15 is 9.59 Å². The molecule has 2 saturated heterocycles. The Morgan fingerprint density at radius 1 is 0.955 bits per heavy atom. The molecular weight excluding hydrogens is 917 g/mol. The zero-order chi connectivity index (χ0) is 46.7. The molecule has 4 amide bonds. The van der Waals surface area contributed by atoms with Crippen molar-refractivity contribution in [3.63, 3.8) is 0 Å². The molecule has 5 heterocycles. The Kier molecular flexibility index (Phi) is 10.4. The number of pyridine rings is 1. The Hall–Kier alpha value is -6.23. The summed E-state index contributed by atoms with van der Waals surface area (Å²) in [5, 5.41) is 19.7. The molecule has 4 aliphatic rings. The summed E-state index contributed by atoms with van der Waals surface area (Å²) in [6.45, 7) is 3.87. The van der Waals surface area contributed by atoms with Crippen LogP contribution in [0.4, 0.5) is 24.8 Å². The molecular formula is C48H39Cl2F3N6O6S. The van der Waals surface area contributed by atoms with Gasteiger partial charge in [-0.25, -0.2) is 9.88 Å². The number of nitrogens with zero attached hydrogens (tertiary/aromatic N) is 6. The number of alkyl halides is 3. The molecule has 0 spiro atoms. The Morgan fingerprint density at radius 3 is 2.44 bits per heavy atom. The first kappa shape index (κ1) is 43.7. The first-order valence-electron chi connectivity index (χ1n) is 21.0. The van der Waals surface area contributed by atoms with Crippen molar-refractivity contribution in [1.29, 1.82) is 0 Å². The molecule has 1 saturated carbocycles. The van der Waals surface area contributed by atoms with Gasteiger partial charge >= 0.3 is 6.18 Å². The molecule has 2 aliphatic heterocycles. The van der Waals surface area contributed by atoms with Crippen molar-refractivity contribution in [2.45, 2.75) is 45.4 Å². The van der Waals surface area contributed by atoms with Gasteiger partial charge in [-0.1, -0.05) is 71.2 Å². The molecule has 1 N–H and O–H groups in total. The lowest BCUT2D eigenvalue weighted by Gasteiger charge is -2.49. The second-order valence-electron chi connectivity index (χ2n) is 17.4. The summed E-state index contributed by atoms with van der Waals surface area (Å²) in [6.07, 6.45) is -3.03. The standard InChI is InChI=1S/C48H39Cl2F3N6O6S/c1-23-30-18-25(49)10-16-36(30)66-41(23)34-21-38(56(3)55-34)58-44(62)32-20-31-27(40(47(32,2)46(58)64)28-12-11-26(19-35(28)60)65-22-24-8-6-5-7-9-24)13-14-29-39(31)45(63)59(43(29)61)57(4)42-33(50)15-17-37(54-42)48(51,52)53/h5-13,15-19,21,29,31-32,39-40,60H,14,20,22H2,1-4H3. The summed E-state index contributed by atoms with van der Waals surface area (Å²) in [6, 6.07) is 23.2. The maximum absolute atomic E-state index is 15.4. The van der Waals surface area contributed by atoms with Crippen LogP contribution in [0.15, 0.2) is 96.6 Å². The number of halogens is 5. The molecule has 3 aromatic heterocycles. The van der Waals surface area contributed by atoms with Gasteiger partial charge in [0.15, 0.2) is 5.82 Å². The SMILES string of the molecule is Cc1c(-c2cc(N3C(=O)C4CC5C(=CCC6C(=O)N(N(C)c7nc(C(F)(F)F)ccc7Cl)C(=O)C65)C(c5ccc(OCc6ccccc6)cc5O)C4(C)C3=O)n(C)n2)sc2ccc(Cl)cc12. The highest BCUT2D eigenvalue weighted by atomic mass is 35.5. The molecule has 6 unspecified atom stereocenters. The highest BCUT2D eigenvalue weighted by Gasteiger charge is 2.68. The molecule has 18 heteroatoms. The number of hydrogen-bond donors (Lipinski definition) is 1. The van der Waals surface area contributed by atoms with E-state index < -0.39 is 76.3 Å². The average Bonchev–Trinajstić information content (AvgIpc) is 3.96. The minimum atomic E-state index is -4.84. The molecule has 3 fully saturated rings. The summed E-state index contributed by atoms with van der Waals surface area (Å²) >= 11 is 14.2. The second-order valence-corrected chi connectivity index (χ2v) is 19.3. The normalized spacial score (nSPS) is 23.9. The number of ether oxygens (including phenoxy) is 1. The number of fused-ring (bicyclic) bond motifs is 5. The van der Waals surface area contributed by atoms with E-state index in [0.29, 0.717) is 33.7 Å². The number of aryl methyl sites for hydroxylation is 2. The number of imide groups is 2. The number of anilines is 2. The summed E-state index contributed by atoms with van der Waals surface area (Å²) in [5.41, 5.74) is 0.467. The number of amides is 4. The maximum Gasteiger partial charge on any atom is 0.433 e. The van der Waals surface area contributed by atoms with E-state index in [1.807, 2.05) is 49.4 Å². The van der Waals surface area contributed by atoms with Crippen LogP contribution in [-0.2, 0) is 39.0 Å². The fourth-order valence-electron chi connectivity index (χ4n) is 10.6. The van der Waals surface area contributed by atoms with Crippen LogP contribution in [0.25, 0.3) is 20.7 Å². The fourth-order valence-corrected chi connectivity index (χ4v) is 12.1. The van der Waals surface area contributed by atoms with Crippen LogP contribution in [0.1, 0.15) is 48.1 Å². The summed E-state index contributed by atoms with van der Waals surface area (Å²) in [5.74, 6) is -7.49. The monoisotopic (exact) mass is 954 g/mol. The third-order valence-electron chi connectivity index (χ3n) is 13.8. The average molecular weight is 956 g/mol. The smallest absolute Gasteiger partial charge is 0.433 e. The molecule has 0 bridgehead atoms. The van der Waals surface area contributed by atoms with E-state index in [1.54, 1.807) is 44.3 Å². The molecule has 0 radical (unpaired) electrons. The van der Waals surface area contributed by atoms with Crippen LogP contribution < -0.4 is 14.6 Å². The van der Waals surface area contributed by atoms with Crippen LogP contribution in [0.3, 0.4) is 0 Å². The quantitative estimate of drug-likeness (QED) is 0.117. The van der Waals surface area contributed by atoms with Gasteiger partial charge in [-0.2, -0.15) is 23.3 Å². The summed E-state index contributed by atoms with van der Waals surface area (Å²) < 4.78 is 49.9. The lowest BCUT2D eigenvalue weighted by Crippen LogP contribution is -2.49. The Morgan fingerprint density at radius 2 is 1.71 bits per heavy atom. The number of phenols is 1. The number of hydrogen-bond acceptors (Lipinski definition) is 10. The molecule has 6 aromatic rings. The van der Waals surface area contributed by atoms with Gasteiger partial charge < -0.3 is 9.84 Å². The Bertz CT molecular complexity index is 3080. The molecule has 2 aliphatic carbocycles. The number of allylic oxidation sites excluding steroid dienone is 2. The van der Waals surface area contributed by atoms with Gasteiger partial charge in [-0.3, -0.25) is 28.9 Å². The fraction of sp³-hybridized carbons (Fsp3) is 0.292. The molecule has 6 atom stereocenters. The molecule has 10 rings (SSSR count). The highest BCUT2D eigenvalue weighted by Crippen LogP contribution is 2.65. The van der Waals surface area contributed by atoms with Crippen molar-refractivity contribution in [3.8, 4) is 22.1 Å². The van der Waals surface area contributed by atoms with Gasteiger partial charge in [0.2, 0.25) is 11.8 Å². The van der Waals surface area contributed by atoms with Crippen molar-refractivity contribution in [2.24, 2.45) is 36.1 Å². The lowest BCUT2D eigenvalue weighted by molar-refractivity contribution is -0.141. The molecule has 338 valence electrons. The van der Waals surface area contributed by atoms with E-state index in [9.17, 15) is 27.9 Å². The minimum absolute atomic E-state index is 0.0276. The number of phenolic OH excluding ortho intramolecular Hbond substituents is 1. The number of rotatable bonds is 8. The van der Waals surface area contributed by atoms with Crippen LogP contribution >= 0.6 is 34.5 Å². The number of thiophene rings is 1. The van der Waals surface area contributed by atoms with E-state index in [1.165, 1.54) is 29.1 Å². The number of carbonyl (C=O) groups excluding carboxylic acids is 4. The predicted molar refractivity (Wildman–Crippen MR) is 242 cm³/mol. The van der Waals surface area contributed by atoms with Gasteiger partial charge in [-0.05, 0) is 85.5 Å². The van der Waals surface area contributed by atoms with Crippen molar-refractivity contribution >= 4 is 79.9 Å². The lowest BCUT2D eigenvalue weighted by atomic mass is 9.51. The molecule has 12 nitrogen and oxygen atoms in total. The van der Waals surface area contributed by atoms with Gasteiger partial charge in [-0.15, -0.1) is 11.3 Å². The summed E-state index contributed by atoms with van der Waals surface area (Å²) in [7, 11) is 2.89. The largest absolute Gasteiger partial charge is 0.508 e. The first-order chi connectivity index (χ1) is 31.4. The van der Waals surface area contributed by atoms with Gasteiger partial charge in [0.25, 0.3) is 11.8 Å². The third-order valence-corrected chi connectivity index (χ3v) is 15.6. The van der Waals surface area contributed by atoms with Gasteiger partial charge in [0.05, 0.1) is 33.1 Å². The number of carbonyl (C=O) groups is 4. The van der Waals surface area contributed by atoms with Gasteiger partial charge in [0.1, 0.15) is 35.3 Å². The van der Waals surface area contributed by atoms with E-state index in [4.69, 9.17) is 33.0 Å². The third kappa shape index (κ3) is 6.69. The maximum atomic E-state index is 15.4. The zero-order valence-electron chi connectivity index (χ0n) is 35.6. The number of benzene rings is 3. The van der Waals surface area contributed by atoms with Crippen LogP contribution in [0.2, 0.25) is 10.0 Å². The topological polar surface area (TPSA) is 138 Å². The van der Waals surface area contributed by atoms with Crippen LogP contribution in [0.5, 0.6) is 11.5 Å². The Balaban J connectivity index is 1.05. The number of hydrazine groups is 1. The van der Waals surface area contributed by atoms with Gasteiger partial charge in [0, 0.05) is 47.4 Å². The Labute approximate surface area is 389 Å². The molecule has 66 heavy (non-hydrogen) atoms. The van der Waals surface area contributed by atoms with Crippen molar-refractivity contribution in [2.75, 3.05) is 17.0 Å². The minimum Gasteiger partial charge on any atom is -0.508 e. The number of aromatic nitrogens is 3. The highest BCUT2D eigenvalue weighted by molar-refractivity contribution is 7.22. The molecule has 3 aromatic carbocycles.